The normalized spacial score (nSPS) is 13.9. The summed E-state index contributed by atoms with van der Waals surface area (Å²) in [5, 5.41) is 0. The molecule has 0 heterocycles. The number of hydrogen-bond acceptors (Lipinski definition) is 2. The highest BCUT2D eigenvalue weighted by molar-refractivity contribution is 5.98. The minimum absolute atomic E-state index is 0. The molecule has 3 nitrogen and oxygen atoms in total. The van der Waals surface area contributed by atoms with Crippen LogP contribution in [0.2, 0.25) is 0 Å². The van der Waals surface area contributed by atoms with Crippen LogP contribution < -0.4 is 5.73 Å². The number of ketones is 1. The summed E-state index contributed by atoms with van der Waals surface area (Å²) in [5.74, 6) is -0.126. The van der Waals surface area contributed by atoms with Gasteiger partial charge < -0.3 is 5.73 Å². The Balaban J connectivity index is 0.00000128. The zero-order valence-corrected chi connectivity index (χ0v) is 9.68. The fourth-order valence-corrected chi connectivity index (χ4v) is 2.01. The molecule has 0 unspecified atom stereocenters. The largest absolute Gasteiger partial charge is 0.369 e. The van der Waals surface area contributed by atoms with Gasteiger partial charge in [-0.1, -0.05) is 18.2 Å². The number of carbonyl (C=O) groups excluding carboxylic acids is 2. The third kappa shape index (κ3) is 2.61. The van der Waals surface area contributed by atoms with Gasteiger partial charge in [-0.3, -0.25) is 9.59 Å². The highest BCUT2D eigenvalue weighted by Gasteiger charge is 2.17. The number of fused-ring (bicyclic) bond motifs is 1. The van der Waals surface area contributed by atoms with Crippen molar-refractivity contribution >= 4 is 24.1 Å². The van der Waals surface area contributed by atoms with E-state index in [1.807, 2.05) is 18.2 Å². The molecule has 1 aromatic rings. The molecule has 0 aromatic heterocycles. The van der Waals surface area contributed by atoms with E-state index in [1.165, 1.54) is 0 Å². The minimum atomic E-state index is -0.336. The van der Waals surface area contributed by atoms with Gasteiger partial charge in [0.05, 0.1) is 6.42 Å². The number of amides is 1. The van der Waals surface area contributed by atoms with E-state index in [1.54, 1.807) is 0 Å². The van der Waals surface area contributed by atoms with Gasteiger partial charge in [0.15, 0.2) is 5.78 Å². The third-order valence-corrected chi connectivity index (χ3v) is 2.70. The number of Topliss-reactive ketones (excluding diaryl/α,β-unsaturated/α-hetero) is 1. The van der Waals surface area contributed by atoms with Crippen LogP contribution in [0.4, 0.5) is 0 Å². The van der Waals surface area contributed by atoms with Gasteiger partial charge in [-0.05, 0) is 24.0 Å². The highest BCUT2D eigenvalue weighted by atomic mass is 35.5. The van der Waals surface area contributed by atoms with Crippen molar-refractivity contribution in [1.82, 2.24) is 0 Å². The van der Waals surface area contributed by atoms with Crippen molar-refractivity contribution in [3.63, 3.8) is 0 Å². The first-order chi connectivity index (χ1) is 7.16. The smallest absolute Gasteiger partial charge is 0.221 e. The number of aryl methyl sites for hydroxylation is 1. The van der Waals surface area contributed by atoms with E-state index in [9.17, 15) is 9.59 Å². The minimum Gasteiger partial charge on any atom is -0.369 e. The first-order valence-corrected chi connectivity index (χ1v) is 5.10. The maximum atomic E-state index is 11.5. The standard InChI is InChI=1S/C12H13NO2.ClH/c13-12(15)7-8-4-5-10-9(6-8)2-1-3-11(10)14;/h4-6H,1-3,7H2,(H2,13,15);1H. The zero-order chi connectivity index (χ0) is 10.8. The van der Waals surface area contributed by atoms with Crippen molar-refractivity contribution in [3.05, 3.63) is 34.9 Å². The Morgan fingerprint density at radius 3 is 2.75 bits per heavy atom. The SMILES string of the molecule is Cl.NC(=O)Cc1ccc2c(c1)CCCC2=O. The molecular formula is C12H14ClNO2. The fourth-order valence-electron chi connectivity index (χ4n) is 2.01. The summed E-state index contributed by atoms with van der Waals surface area (Å²) in [6.07, 6.45) is 2.73. The van der Waals surface area contributed by atoms with Crippen molar-refractivity contribution in [3.8, 4) is 0 Å². The molecule has 2 N–H and O–H groups in total. The second-order valence-corrected chi connectivity index (χ2v) is 3.91. The molecule has 86 valence electrons. The number of benzene rings is 1. The van der Waals surface area contributed by atoms with Crippen LogP contribution in [0.15, 0.2) is 18.2 Å². The lowest BCUT2D eigenvalue weighted by atomic mass is 9.89. The number of rotatable bonds is 2. The summed E-state index contributed by atoms with van der Waals surface area (Å²) >= 11 is 0. The molecule has 1 amide bonds. The van der Waals surface area contributed by atoms with Crippen molar-refractivity contribution in [2.24, 2.45) is 5.73 Å². The fraction of sp³-hybridized carbons (Fsp3) is 0.333. The van der Waals surface area contributed by atoms with Crippen LogP contribution in [0.3, 0.4) is 0 Å². The van der Waals surface area contributed by atoms with Gasteiger partial charge in [0.1, 0.15) is 0 Å². The predicted molar refractivity (Wildman–Crippen MR) is 63.9 cm³/mol. The van der Waals surface area contributed by atoms with Gasteiger partial charge in [-0.25, -0.2) is 0 Å². The van der Waals surface area contributed by atoms with Gasteiger partial charge in [-0.2, -0.15) is 0 Å². The van der Waals surface area contributed by atoms with E-state index >= 15 is 0 Å². The summed E-state index contributed by atoms with van der Waals surface area (Å²) < 4.78 is 0. The number of primary amides is 1. The Labute approximate surface area is 100 Å². The van der Waals surface area contributed by atoms with Crippen LogP contribution in [-0.2, 0) is 17.6 Å². The maximum absolute atomic E-state index is 11.5. The number of hydrogen-bond donors (Lipinski definition) is 1. The summed E-state index contributed by atoms with van der Waals surface area (Å²) in [5.41, 5.74) is 7.90. The van der Waals surface area contributed by atoms with E-state index in [-0.39, 0.29) is 30.5 Å². The van der Waals surface area contributed by atoms with Crippen molar-refractivity contribution in [1.29, 1.82) is 0 Å². The molecule has 4 heteroatoms. The van der Waals surface area contributed by atoms with Gasteiger partial charge in [-0.15, -0.1) is 12.4 Å². The summed E-state index contributed by atoms with van der Waals surface area (Å²) in [7, 11) is 0. The Morgan fingerprint density at radius 1 is 1.31 bits per heavy atom. The molecule has 0 radical (unpaired) electrons. The molecule has 1 aliphatic rings. The second-order valence-electron chi connectivity index (χ2n) is 3.91. The second kappa shape index (κ2) is 5.12. The average molecular weight is 240 g/mol. The van der Waals surface area contributed by atoms with E-state index in [0.29, 0.717) is 6.42 Å². The van der Waals surface area contributed by atoms with E-state index in [4.69, 9.17) is 5.73 Å². The van der Waals surface area contributed by atoms with E-state index in [0.717, 1.165) is 29.5 Å². The van der Waals surface area contributed by atoms with E-state index in [2.05, 4.69) is 0 Å². The average Bonchev–Trinajstić information content (AvgIpc) is 2.17. The van der Waals surface area contributed by atoms with Gasteiger partial charge >= 0.3 is 0 Å². The summed E-state index contributed by atoms with van der Waals surface area (Å²) in [6, 6.07) is 5.55. The van der Waals surface area contributed by atoms with Crippen LogP contribution in [0.1, 0.15) is 34.3 Å². The zero-order valence-electron chi connectivity index (χ0n) is 8.86. The number of nitrogens with two attached hydrogens (primary N) is 1. The van der Waals surface area contributed by atoms with Crippen LogP contribution in [0, 0.1) is 0 Å². The molecular weight excluding hydrogens is 226 g/mol. The molecule has 0 bridgehead atoms. The first kappa shape index (κ1) is 12.7. The van der Waals surface area contributed by atoms with Gasteiger partial charge in [0.25, 0.3) is 0 Å². The van der Waals surface area contributed by atoms with Gasteiger partial charge in [0, 0.05) is 12.0 Å². The maximum Gasteiger partial charge on any atom is 0.221 e. The van der Waals surface area contributed by atoms with Gasteiger partial charge in [0.2, 0.25) is 5.91 Å². The first-order valence-electron chi connectivity index (χ1n) is 5.10. The molecule has 0 saturated carbocycles. The van der Waals surface area contributed by atoms with Crippen LogP contribution in [0.25, 0.3) is 0 Å². The Hall–Kier alpha value is -1.35. The molecule has 1 aromatic carbocycles. The van der Waals surface area contributed by atoms with Crippen LogP contribution in [-0.4, -0.2) is 11.7 Å². The summed E-state index contributed by atoms with van der Waals surface area (Å²) in [6.45, 7) is 0. The monoisotopic (exact) mass is 239 g/mol. The van der Waals surface area contributed by atoms with Crippen molar-refractivity contribution in [2.75, 3.05) is 0 Å². The number of carbonyl (C=O) groups is 2. The molecule has 0 spiro atoms. The predicted octanol–water partition coefficient (Wildman–Crippen LogP) is 1.66. The third-order valence-electron chi connectivity index (χ3n) is 2.70. The summed E-state index contributed by atoms with van der Waals surface area (Å²) in [4.78, 5) is 22.3. The Bertz CT molecular complexity index is 429. The molecule has 0 atom stereocenters. The molecule has 16 heavy (non-hydrogen) atoms. The number of halogens is 1. The van der Waals surface area contributed by atoms with E-state index < -0.39 is 0 Å². The van der Waals surface area contributed by atoms with Crippen LogP contribution in [0.5, 0.6) is 0 Å². The quantitative estimate of drug-likeness (QED) is 0.853. The Kier molecular flexibility index (Phi) is 4.07. The molecule has 0 fully saturated rings. The lowest BCUT2D eigenvalue weighted by molar-refractivity contribution is -0.117. The molecule has 1 aliphatic carbocycles. The molecule has 0 saturated heterocycles. The van der Waals surface area contributed by atoms with Crippen LogP contribution >= 0.6 is 12.4 Å². The molecule has 0 aliphatic heterocycles. The van der Waals surface area contributed by atoms with Crippen molar-refractivity contribution in [2.45, 2.75) is 25.7 Å². The Morgan fingerprint density at radius 2 is 2.06 bits per heavy atom. The highest BCUT2D eigenvalue weighted by Crippen LogP contribution is 2.22. The van der Waals surface area contributed by atoms with Crippen molar-refractivity contribution < 1.29 is 9.59 Å². The molecule has 2 rings (SSSR count). The lowest BCUT2D eigenvalue weighted by Gasteiger charge is -2.15. The lowest BCUT2D eigenvalue weighted by Crippen LogP contribution is -2.15. The topological polar surface area (TPSA) is 60.2 Å².